The number of hydrogen-bond donors (Lipinski definition) is 3. The van der Waals surface area contributed by atoms with Crippen LogP contribution in [0.15, 0.2) is 42.5 Å². The van der Waals surface area contributed by atoms with Gasteiger partial charge in [-0.1, -0.05) is 39.0 Å². The third-order valence-electron chi connectivity index (χ3n) is 6.21. The lowest BCUT2D eigenvalue weighted by Crippen LogP contribution is -2.43. The number of carboxylic acid groups (broad SMARTS) is 1. The first-order valence-corrected chi connectivity index (χ1v) is 11.4. The Morgan fingerprint density at radius 1 is 1.21 bits per heavy atom. The number of nitrogens with zero attached hydrogens (tertiary/aromatic N) is 3. The zero-order valence-corrected chi connectivity index (χ0v) is 20.9. The van der Waals surface area contributed by atoms with Gasteiger partial charge in [0, 0.05) is 24.5 Å². The second-order valence-electron chi connectivity index (χ2n) is 10.2. The molecule has 34 heavy (non-hydrogen) atoms. The molecular weight excluding hydrogens is 452 g/mol. The molecule has 0 spiro atoms. The van der Waals surface area contributed by atoms with Gasteiger partial charge in [-0.2, -0.15) is 0 Å². The Morgan fingerprint density at radius 2 is 1.94 bits per heavy atom. The van der Waals surface area contributed by atoms with Crippen molar-refractivity contribution in [3.8, 4) is 17.1 Å². The van der Waals surface area contributed by atoms with Crippen LogP contribution >= 0.6 is 12.4 Å². The van der Waals surface area contributed by atoms with Crippen LogP contribution in [0.5, 0.6) is 5.75 Å². The molecule has 2 heterocycles. The summed E-state index contributed by atoms with van der Waals surface area (Å²) in [7, 11) is 0. The molecule has 2 aromatic carbocycles. The number of aryl methyl sites for hydroxylation is 1. The number of hydrogen-bond acceptors (Lipinski definition) is 5. The normalized spacial score (nSPS) is 16.8. The Balaban J connectivity index is 0.00000324. The van der Waals surface area contributed by atoms with Crippen molar-refractivity contribution in [2.45, 2.75) is 46.6 Å². The van der Waals surface area contributed by atoms with Crippen LogP contribution in [0.25, 0.3) is 22.3 Å². The number of nitrogens with one attached hydrogen (secondary N) is 1. The standard InChI is InChI=1S/C26H32N4O3.ClH/c1-16-9-10-18-20(13-16)27-23(19-7-5-6-8-22(19)31)29-24(18)30-12-11-17(15-30)21(28-25(32)33)14-26(2,3)4;/h5-10,13,17,21,28,31H,11-12,14-15H2,1-4H3,(H,32,33);1H/t17-,21?;/m0./s1. The highest BCUT2D eigenvalue weighted by Crippen LogP contribution is 2.36. The minimum absolute atomic E-state index is 0. The maximum atomic E-state index is 11.5. The van der Waals surface area contributed by atoms with Gasteiger partial charge in [-0.05, 0) is 60.9 Å². The molecule has 1 amide bonds. The van der Waals surface area contributed by atoms with E-state index in [-0.39, 0.29) is 35.5 Å². The van der Waals surface area contributed by atoms with Crippen LogP contribution in [0.4, 0.5) is 10.6 Å². The summed E-state index contributed by atoms with van der Waals surface area (Å²) in [5.74, 6) is 1.64. The van der Waals surface area contributed by atoms with Crippen LogP contribution in [0.3, 0.4) is 0 Å². The van der Waals surface area contributed by atoms with Gasteiger partial charge in [0.1, 0.15) is 11.6 Å². The number of rotatable bonds is 5. The van der Waals surface area contributed by atoms with E-state index < -0.39 is 6.09 Å². The van der Waals surface area contributed by atoms with E-state index in [1.807, 2.05) is 31.2 Å². The molecule has 1 fully saturated rings. The SMILES string of the molecule is Cc1ccc2c(N3CC[C@H](C(CC(C)(C)C)NC(=O)O)C3)nc(-c3ccccc3O)nc2c1.Cl. The fourth-order valence-corrected chi connectivity index (χ4v) is 4.71. The van der Waals surface area contributed by atoms with Crippen LogP contribution in [-0.4, -0.2) is 45.4 Å². The first-order valence-electron chi connectivity index (χ1n) is 11.4. The van der Waals surface area contributed by atoms with Crippen molar-refractivity contribution in [2.75, 3.05) is 18.0 Å². The van der Waals surface area contributed by atoms with Crippen LogP contribution < -0.4 is 10.2 Å². The van der Waals surface area contributed by atoms with Gasteiger partial charge in [0.05, 0.1) is 11.1 Å². The summed E-state index contributed by atoms with van der Waals surface area (Å²) in [6.07, 6.45) is 0.669. The zero-order valence-electron chi connectivity index (χ0n) is 20.1. The molecule has 8 heteroatoms. The summed E-state index contributed by atoms with van der Waals surface area (Å²) in [4.78, 5) is 23.3. The average Bonchev–Trinajstić information content (AvgIpc) is 3.21. The molecule has 1 aliphatic heterocycles. The quantitative estimate of drug-likeness (QED) is 0.434. The highest BCUT2D eigenvalue weighted by molar-refractivity contribution is 5.92. The van der Waals surface area contributed by atoms with Crippen molar-refractivity contribution in [3.05, 3.63) is 48.0 Å². The fourth-order valence-electron chi connectivity index (χ4n) is 4.71. The van der Waals surface area contributed by atoms with Crippen molar-refractivity contribution in [3.63, 3.8) is 0 Å². The smallest absolute Gasteiger partial charge is 0.404 e. The molecule has 0 radical (unpaired) electrons. The van der Waals surface area contributed by atoms with E-state index in [2.05, 4.69) is 37.1 Å². The van der Waals surface area contributed by atoms with Crippen molar-refractivity contribution in [2.24, 2.45) is 11.3 Å². The Hall–Kier alpha value is -3.06. The summed E-state index contributed by atoms with van der Waals surface area (Å²) in [5.41, 5.74) is 2.54. The predicted octanol–water partition coefficient (Wildman–Crippen LogP) is 5.63. The van der Waals surface area contributed by atoms with Crippen molar-refractivity contribution >= 4 is 35.2 Å². The van der Waals surface area contributed by atoms with Gasteiger partial charge in [-0.3, -0.25) is 0 Å². The van der Waals surface area contributed by atoms with Gasteiger partial charge >= 0.3 is 6.09 Å². The van der Waals surface area contributed by atoms with E-state index in [0.29, 0.717) is 17.9 Å². The number of anilines is 1. The van der Waals surface area contributed by atoms with Gasteiger partial charge in [0.15, 0.2) is 5.82 Å². The van der Waals surface area contributed by atoms with Crippen molar-refractivity contribution < 1.29 is 15.0 Å². The molecule has 1 aromatic heterocycles. The first kappa shape index (κ1) is 25.6. The van der Waals surface area contributed by atoms with Crippen molar-refractivity contribution in [1.29, 1.82) is 0 Å². The van der Waals surface area contributed by atoms with E-state index in [1.54, 1.807) is 12.1 Å². The van der Waals surface area contributed by atoms with Crippen LogP contribution in [0.2, 0.25) is 0 Å². The van der Waals surface area contributed by atoms with E-state index in [1.165, 1.54) is 0 Å². The lowest BCUT2D eigenvalue weighted by Gasteiger charge is -2.30. The van der Waals surface area contributed by atoms with Gasteiger partial charge in [-0.15, -0.1) is 12.4 Å². The number of carbonyl (C=O) groups is 1. The number of phenolic OH excluding ortho intramolecular Hbond substituents is 1. The highest BCUT2D eigenvalue weighted by Gasteiger charge is 2.34. The molecule has 1 aliphatic rings. The molecule has 2 atom stereocenters. The third-order valence-corrected chi connectivity index (χ3v) is 6.21. The number of aromatic nitrogens is 2. The Kier molecular flexibility index (Phi) is 7.56. The molecule has 4 rings (SSSR count). The molecule has 0 bridgehead atoms. The Bertz CT molecular complexity index is 1180. The van der Waals surface area contributed by atoms with Crippen LogP contribution in [0, 0.1) is 18.3 Å². The van der Waals surface area contributed by atoms with Crippen molar-refractivity contribution in [1.82, 2.24) is 15.3 Å². The number of phenols is 1. The van der Waals surface area contributed by atoms with Gasteiger partial charge in [0.2, 0.25) is 0 Å². The topological polar surface area (TPSA) is 98.6 Å². The van der Waals surface area contributed by atoms with Gasteiger partial charge < -0.3 is 20.4 Å². The number of benzene rings is 2. The molecule has 1 saturated heterocycles. The van der Waals surface area contributed by atoms with Gasteiger partial charge in [-0.25, -0.2) is 14.8 Å². The second-order valence-corrected chi connectivity index (χ2v) is 10.2. The summed E-state index contributed by atoms with van der Waals surface area (Å²) in [5, 5.41) is 23.5. The molecule has 182 valence electrons. The minimum Gasteiger partial charge on any atom is -0.507 e. The maximum Gasteiger partial charge on any atom is 0.404 e. The lowest BCUT2D eigenvalue weighted by atomic mass is 9.82. The van der Waals surface area contributed by atoms with E-state index in [0.717, 1.165) is 41.7 Å². The minimum atomic E-state index is -0.979. The Morgan fingerprint density at radius 3 is 2.62 bits per heavy atom. The molecule has 1 unspecified atom stereocenters. The third kappa shape index (κ3) is 5.70. The molecule has 3 aromatic rings. The lowest BCUT2D eigenvalue weighted by molar-refractivity contribution is 0.176. The number of fused-ring (bicyclic) bond motifs is 1. The Labute approximate surface area is 206 Å². The zero-order chi connectivity index (χ0) is 23.8. The summed E-state index contributed by atoms with van der Waals surface area (Å²) >= 11 is 0. The maximum absolute atomic E-state index is 11.5. The molecule has 3 N–H and O–H groups in total. The summed E-state index contributed by atoms with van der Waals surface area (Å²) in [6.45, 7) is 9.93. The molecule has 0 saturated carbocycles. The van der Waals surface area contributed by atoms with Crippen LogP contribution in [0.1, 0.15) is 39.2 Å². The largest absolute Gasteiger partial charge is 0.507 e. The summed E-state index contributed by atoms with van der Waals surface area (Å²) < 4.78 is 0. The van der Waals surface area contributed by atoms with E-state index >= 15 is 0 Å². The highest BCUT2D eigenvalue weighted by atomic mass is 35.5. The second kappa shape index (κ2) is 10.1. The van der Waals surface area contributed by atoms with E-state index in [9.17, 15) is 15.0 Å². The first-order chi connectivity index (χ1) is 15.6. The number of aromatic hydroxyl groups is 1. The van der Waals surface area contributed by atoms with Crippen LogP contribution in [-0.2, 0) is 0 Å². The average molecular weight is 485 g/mol. The number of amides is 1. The van der Waals surface area contributed by atoms with Gasteiger partial charge in [0.25, 0.3) is 0 Å². The predicted molar refractivity (Wildman–Crippen MR) is 138 cm³/mol. The summed E-state index contributed by atoms with van der Waals surface area (Å²) in [6, 6.07) is 13.1. The van der Waals surface area contributed by atoms with E-state index in [4.69, 9.17) is 9.97 Å². The number of halogens is 1. The molecule has 0 aliphatic carbocycles. The molecule has 7 nitrogen and oxygen atoms in total. The monoisotopic (exact) mass is 484 g/mol. The fraction of sp³-hybridized carbons (Fsp3) is 0.423. The molecular formula is C26H33ClN4O3. The number of para-hydroxylation sites is 1.